The van der Waals surface area contributed by atoms with Crippen LogP contribution in [-0.4, -0.2) is 18.1 Å². The Bertz CT molecular complexity index is 287. The summed E-state index contributed by atoms with van der Waals surface area (Å²) in [7, 11) is 0. The molecule has 0 unspecified atom stereocenters. The Morgan fingerprint density at radius 1 is 1.46 bits per heavy atom. The third kappa shape index (κ3) is 2.57. The average molecular weight is 188 g/mol. The molecular formula is C9H10F2O2. The maximum absolute atomic E-state index is 11.8. The molecule has 72 valence electrons. The highest BCUT2D eigenvalue weighted by Gasteiger charge is 2.07. The van der Waals surface area contributed by atoms with E-state index in [4.69, 9.17) is 4.74 Å². The van der Waals surface area contributed by atoms with Gasteiger partial charge >= 0.3 is 0 Å². The number of alkyl halides is 2. The Morgan fingerprint density at radius 3 is 2.77 bits per heavy atom. The first-order valence-electron chi connectivity index (χ1n) is 3.81. The summed E-state index contributed by atoms with van der Waals surface area (Å²) in [4.78, 5) is 0. The van der Waals surface area contributed by atoms with Crippen molar-refractivity contribution in [3.05, 3.63) is 23.8 Å². The summed E-state index contributed by atoms with van der Waals surface area (Å²) in [5, 5.41) is 9.20. The van der Waals surface area contributed by atoms with Gasteiger partial charge in [0.05, 0.1) is 0 Å². The van der Waals surface area contributed by atoms with Crippen LogP contribution < -0.4 is 4.74 Å². The molecule has 0 atom stereocenters. The van der Waals surface area contributed by atoms with E-state index in [0.29, 0.717) is 11.3 Å². The minimum Gasteiger partial charge on any atom is -0.508 e. The van der Waals surface area contributed by atoms with Crippen molar-refractivity contribution >= 4 is 0 Å². The highest BCUT2D eigenvalue weighted by molar-refractivity contribution is 5.42. The van der Waals surface area contributed by atoms with E-state index in [0.717, 1.165) is 0 Å². The van der Waals surface area contributed by atoms with Gasteiger partial charge in [-0.15, -0.1) is 0 Å². The average Bonchev–Trinajstić information content (AvgIpc) is 2.07. The molecule has 0 fully saturated rings. The zero-order valence-electron chi connectivity index (χ0n) is 7.13. The molecule has 13 heavy (non-hydrogen) atoms. The maximum atomic E-state index is 11.8. The standard InChI is InChI=1S/C9H10F2O2/c1-6-7(12)3-2-4-8(6)13-5-9(10)11/h2-4,9,12H,5H2,1H3. The zero-order chi connectivity index (χ0) is 9.84. The van der Waals surface area contributed by atoms with Gasteiger partial charge in [-0.3, -0.25) is 0 Å². The lowest BCUT2D eigenvalue weighted by Crippen LogP contribution is -2.07. The van der Waals surface area contributed by atoms with E-state index in [-0.39, 0.29) is 5.75 Å². The first-order valence-corrected chi connectivity index (χ1v) is 3.81. The molecule has 1 N–H and O–H groups in total. The Balaban J connectivity index is 2.71. The van der Waals surface area contributed by atoms with Gasteiger partial charge in [0.25, 0.3) is 6.43 Å². The van der Waals surface area contributed by atoms with Crippen molar-refractivity contribution in [3.8, 4) is 11.5 Å². The van der Waals surface area contributed by atoms with Crippen LogP contribution in [0.2, 0.25) is 0 Å². The van der Waals surface area contributed by atoms with Crippen LogP contribution in [0.4, 0.5) is 8.78 Å². The molecule has 1 rings (SSSR count). The number of hydrogen-bond donors (Lipinski definition) is 1. The number of benzene rings is 1. The summed E-state index contributed by atoms with van der Waals surface area (Å²) in [5.74, 6) is 0.340. The lowest BCUT2D eigenvalue weighted by atomic mass is 10.2. The third-order valence-corrected chi connectivity index (χ3v) is 1.62. The second-order valence-electron chi connectivity index (χ2n) is 2.60. The Morgan fingerprint density at radius 2 is 2.15 bits per heavy atom. The number of halogens is 2. The minimum absolute atomic E-state index is 0.0479. The van der Waals surface area contributed by atoms with E-state index >= 15 is 0 Å². The van der Waals surface area contributed by atoms with Gasteiger partial charge < -0.3 is 9.84 Å². The molecule has 2 nitrogen and oxygen atoms in total. The van der Waals surface area contributed by atoms with Gasteiger partial charge in [-0.25, -0.2) is 8.78 Å². The molecule has 1 aromatic rings. The summed E-state index contributed by atoms with van der Waals surface area (Å²) >= 11 is 0. The minimum atomic E-state index is -2.50. The van der Waals surface area contributed by atoms with Crippen molar-refractivity contribution in [1.29, 1.82) is 0 Å². The normalized spacial score (nSPS) is 10.5. The van der Waals surface area contributed by atoms with E-state index in [1.54, 1.807) is 13.0 Å². The van der Waals surface area contributed by atoms with Crippen LogP contribution in [0.25, 0.3) is 0 Å². The molecule has 0 radical (unpaired) electrons. The molecule has 4 heteroatoms. The highest BCUT2D eigenvalue weighted by atomic mass is 19.3. The number of rotatable bonds is 3. The van der Waals surface area contributed by atoms with Crippen molar-refractivity contribution in [1.82, 2.24) is 0 Å². The van der Waals surface area contributed by atoms with Gasteiger partial charge in [0.15, 0.2) is 0 Å². The fourth-order valence-electron chi connectivity index (χ4n) is 0.912. The van der Waals surface area contributed by atoms with Crippen LogP contribution in [0.3, 0.4) is 0 Å². The number of ether oxygens (including phenoxy) is 1. The number of hydrogen-bond acceptors (Lipinski definition) is 2. The van der Waals surface area contributed by atoms with Crippen molar-refractivity contribution in [2.45, 2.75) is 13.3 Å². The lowest BCUT2D eigenvalue weighted by Gasteiger charge is -2.08. The zero-order valence-corrected chi connectivity index (χ0v) is 7.13. The van der Waals surface area contributed by atoms with Crippen molar-refractivity contribution < 1.29 is 18.6 Å². The maximum Gasteiger partial charge on any atom is 0.272 e. The lowest BCUT2D eigenvalue weighted by molar-refractivity contribution is 0.0814. The Kier molecular flexibility index (Phi) is 3.06. The molecule has 0 aliphatic rings. The Hall–Kier alpha value is -1.32. The van der Waals surface area contributed by atoms with E-state index in [1.807, 2.05) is 0 Å². The molecule has 0 heterocycles. The molecule has 0 bridgehead atoms. The van der Waals surface area contributed by atoms with E-state index in [2.05, 4.69) is 0 Å². The van der Waals surface area contributed by atoms with Gasteiger partial charge in [-0.05, 0) is 19.1 Å². The molecule has 0 spiro atoms. The molecule has 1 aromatic carbocycles. The fourth-order valence-corrected chi connectivity index (χ4v) is 0.912. The van der Waals surface area contributed by atoms with Gasteiger partial charge in [0, 0.05) is 5.56 Å². The predicted octanol–water partition coefficient (Wildman–Crippen LogP) is 2.34. The highest BCUT2D eigenvalue weighted by Crippen LogP contribution is 2.26. The monoisotopic (exact) mass is 188 g/mol. The van der Waals surface area contributed by atoms with Crippen LogP contribution in [0.15, 0.2) is 18.2 Å². The molecule has 0 saturated carbocycles. The van der Waals surface area contributed by atoms with Gasteiger partial charge in [0.1, 0.15) is 18.1 Å². The predicted molar refractivity (Wildman–Crippen MR) is 44.3 cm³/mol. The van der Waals surface area contributed by atoms with Crippen molar-refractivity contribution in [2.24, 2.45) is 0 Å². The van der Waals surface area contributed by atoms with E-state index < -0.39 is 13.0 Å². The van der Waals surface area contributed by atoms with Crippen molar-refractivity contribution in [2.75, 3.05) is 6.61 Å². The summed E-state index contributed by atoms with van der Waals surface area (Å²) in [5.41, 5.74) is 0.475. The van der Waals surface area contributed by atoms with Crippen LogP contribution in [0.5, 0.6) is 11.5 Å². The van der Waals surface area contributed by atoms with Crippen LogP contribution in [0, 0.1) is 6.92 Å². The topological polar surface area (TPSA) is 29.5 Å². The number of aromatic hydroxyl groups is 1. The molecule has 0 aliphatic carbocycles. The first-order chi connectivity index (χ1) is 6.11. The van der Waals surface area contributed by atoms with Gasteiger partial charge in [-0.2, -0.15) is 0 Å². The molecule has 0 aliphatic heterocycles. The van der Waals surface area contributed by atoms with E-state index in [1.165, 1.54) is 12.1 Å². The van der Waals surface area contributed by atoms with Crippen LogP contribution in [-0.2, 0) is 0 Å². The van der Waals surface area contributed by atoms with Crippen LogP contribution >= 0.6 is 0 Å². The first kappa shape index (κ1) is 9.77. The second kappa shape index (κ2) is 4.07. The van der Waals surface area contributed by atoms with Gasteiger partial charge in [-0.1, -0.05) is 6.07 Å². The third-order valence-electron chi connectivity index (χ3n) is 1.62. The summed E-state index contributed by atoms with van der Waals surface area (Å²) in [6, 6.07) is 4.56. The van der Waals surface area contributed by atoms with E-state index in [9.17, 15) is 13.9 Å². The summed E-state index contributed by atoms with van der Waals surface area (Å²) in [6.45, 7) is 0.959. The molecule has 0 saturated heterocycles. The van der Waals surface area contributed by atoms with Gasteiger partial charge in [0.2, 0.25) is 0 Å². The number of phenolic OH excluding ortho intramolecular Hbond substituents is 1. The summed E-state index contributed by atoms with van der Waals surface area (Å²) < 4.78 is 28.3. The quantitative estimate of drug-likeness (QED) is 0.788. The Labute approximate surface area is 74.8 Å². The molecule has 0 amide bonds. The molecule has 0 aromatic heterocycles. The fraction of sp³-hybridized carbons (Fsp3) is 0.333. The molecular weight excluding hydrogens is 178 g/mol. The van der Waals surface area contributed by atoms with Crippen molar-refractivity contribution in [3.63, 3.8) is 0 Å². The van der Waals surface area contributed by atoms with Crippen LogP contribution in [0.1, 0.15) is 5.56 Å². The SMILES string of the molecule is Cc1c(O)cccc1OCC(F)F. The number of phenols is 1. The summed E-state index contributed by atoms with van der Waals surface area (Å²) in [6.07, 6.45) is -2.50. The second-order valence-corrected chi connectivity index (χ2v) is 2.60. The smallest absolute Gasteiger partial charge is 0.272 e. The largest absolute Gasteiger partial charge is 0.508 e.